The van der Waals surface area contributed by atoms with Gasteiger partial charge in [-0.25, -0.2) is 18.4 Å². The van der Waals surface area contributed by atoms with Gasteiger partial charge in [0.2, 0.25) is 16.0 Å². The van der Waals surface area contributed by atoms with Crippen molar-refractivity contribution >= 4 is 27.3 Å². The van der Waals surface area contributed by atoms with Crippen molar-refractivity contribution in [3.63, 3.8) is 0 Å². The third kappa shape index (κ3) is 5.66. The zero-order valence-corrected chi connectivity index (χ0v) is 22.7. The van der Waals surface area contributed by atoms with E-state index in [4.69, 9.17) is 9.40 Å². The van der Waals surface area contributed by atoms with Crippen LogP contribution in [0.3, 0.4) is 0 Å². The zero-order chi connectivity index (χ0) is 26.0. The maximum absolute atomic E-state index is 12.5. The van der Waals surface area contributed by atoms with E-state index in [-0.39, 0.29) is 12.3 Å². The van der Waals surface area contributed by atoms with E-state index in [1.165, 1.54) is 9.99 Å². The Morgan fingerprint density at radius 1 is 1.05 bits per heavy atom. The average molecular weight is 525 g/mol. The topological polar surface area (TPSA) is 94.8 Å². The van der Waals surface area contributed by atoms with Gasteiger partial charge in [-0.2, -0.15) is 4.31 Å². The van der Waals surface area contributed by atoms with Crippen LogP contribution in [0.4, 0.5) is 17.3 Å². The second kappa shape index (κ2) is 10.8. The number of fused-ring (bicyclic) bond motifs is 1. The smallest absolute Gasteiger partial charge is 0.227 e. The van der Waals surface area contributed by atoms with E-state index in [1.807, 2.05) is 19.9 Å². The summed E-state index contributed by atoms with van der Waals surface area (Å²) in [4.78, 5) is 14.1. The van der Waals surface area contributed by atoms with Gasteiger partial charge in [0.15, 0.2) is 5.76 Å². The third-order valence-electron chi connectivity index (χ3n) is 7.22. The number of anilines is 3. The molecule has 3 aromatic rings. The van der Waals surface area contributed by atoms with Gasteiger partial charge < -0.3 is 19.5 Å². The van der Waals surface area contributed by atoms with E-state index >= 15 is 0 Å². The number of aromatic nitrogens is 2. The standard InChI is InChI=1S/C27H36N6O3S/c1-4-16-37(34,35)33-11-10-21-17-24(36-25(21)19-33)26-20(3)18-28-27(30-26)29-22-6-8-23(9-7-22)32-14-12-31(5-2)13-15-32/h6-9,17-18H,4-5,10-16,19H2,1-3H3,(H,28,29,30). The Hall–Kier alpha value is -2.95. The molecule has 2 aromatic heterocycles. The number of sulfonamides is 1. The number of nitrogens with one attached hydrogen (secondary N) is 1. The average Bonchev–Trinajstić information content (AvgIpc) is 3.34. The Labute approximate surface area is 219 Å². The first kappa shape index (κ1) is 25.7. The number of rotatable bonds is 8. The van der Waals surface area contributed by atoms with Gasteiger partial charge in [0.05, 0.1) is 12.3 Å². The largest absolute Gasteiger partial charge is 0.458 e. The minimum absolute atomic E-state index is 0.159. The first-order chi connectivity index (χ1) is 17.9. The van der Waals surface area contributed by atoms with Crippen LogP contribution >= 0.6 is 0 Å². The van der Waals surface area contributed by atoms with Gasteiger partial charge in [-0.1, -0.05) is 13.8 Å². The minimum atomic E-state index is -3.26. The fourth-order valence-electron chi connectivity index (χ4n) is 5.00. The van der Waals surface area contributed by atoms with Crippen molar-refractivity contribution in [2.45, 2.75) is 40.2 Å². The second-order valence-corrected chi connectivity index (χ2v) is 11.9. The normalized spacial score (nSPS) is 17.1. The molecule has 5 rings (SSSR count). The summed E-state index contributed by atoms with van der Waals surface area (Å²) in [6.07, 6.45) is 3.02. The van der Waals surface area contributed by atoms with Crippen LogP contribution in [-0.2, 0) is 23.0 Å². The summed E-state index contributed by atoms with van der Waals surface area (Å²) >= 11 is 0. The van der Waals surface area contributed by atoms with E-state index in [0.29, 0.717) is 42.5 Å². The fraction of sp³-hybridized carbons (Fsp3) is 0.481. The molecule has 0 spiro atoms. The Bertz CT molecular complexity index is 1330. The van der Waals surface area contributed by atoms with Crippen LogP contribution < -0.4 is 10.2 Å². The van der Waals surface area contributed by atoms with Crippen molar-refractivity contribution in [1.29, 1.82) is 0 Å². The highest BCUT2D eigenvalue weighted by molar-refractivity contribution is 7.89. The van der Waals surface area contributed by atoms with Crippen LogP contribution in [0.15, 0.2) is 40.9 Å². The minimum Gasteiger partial charge on any atom is -0.458 e. The lowest BCUT2D eigenvalue weighted by molar-refractivity contribution is 0.271. The van der Waals surface area contributed by atoms with E-state index in [1.54, 1.807) is 6.20 Å². The summed E-state index contributed by atoms with van der Waals surface area (Å²) in [6.45, 7) is 12.2. The van der Waals surface area contributed by atoms with E-state index in [9.17, 15) is 8.42 Å². The van der Waals surface area contributed by atoms with E-state index in [2.05, 4.69) is 51.3 Å². The van der Waals surface area contributed by atoms with Gasteiger partial charge in [-0.3, -0.25) is 0 Å². The molecule has 2 aliphatic rings. The molecule has 0 aliphatic carbocycles. The van der Waals surface area contributed by atoms with Crippen LogP contribution in [0.1, 0.15) is 37.2 Å². The number of piperazine rings is 1. The van der Waals surface area contributed by atoms with Crippen LogP contribution in [-0.4, -0.2) is 72.6 Å². The second-order valence-electron chi connectivity index (χ2n) is 9.78. The number of furan rings is 1. The number of aryl methyl sites for hydroxylation is 1. The monoisotopic (exact) mass is 524 g/mol. The SMILES string of the molecule is CCCS(=O)(=O)N1CCc2cc(-c3nc(Nc4ccc(N5CCN(CC)CC5)cc4)ncc3C)oc2C1. The summed E-state index contributed by atoms with van der Waals surface area (Å²) < 4.78 is 32.7. The lowest BCUT2D eigenvalue weighted by atomic mass is 10.1. The van der Waals surface area contributed by atoms with Crippen molar-refractivity contribution in [3.8, 4) is 11.5 Å². The summed E-state index contributed by atoms with van der Waals surface area (Å²) in [5, 5.41) is 3.31. The lowest BCUT2D eigenvalue weighted by Gasteiger charge is -2.35. The van der Waals surface area contributed by atoms with E-state index in [0.717, 1.165) is 49.5 Å². The molecule has 0 bridgehead atoms. The molecule has 10 heteroatoms. The first-order valence-corrected chi connectivity index (χ1v) is 14.7. The van der Waals surface area contributed by atoms with Crippen molar-refractivity contribution in [3.05, 3.63) is 53.4 Å². The molecule has 2 aliphatic heterocycles. The van der Waals surface area contributed by atoms with E-state index < -0.39 is 10.0 Å². The van der Waals surface area contributed by atoms with Gasteiger partial charge >= 0.3 is 0 Å². The summed E-state index contributed by atoms with van der Waals surface area (Å²) in [5.74, 6) is 1.99. The van der Waals surface area contributed by atoms with Crippen LogP contribution in [0.25, 0.3) is 11.5 Å². The predicted molar refractivity (Wildman–Crippen MR) is 147 cm³/mol. The van der Waals surface area contributed by atoms with Crippen molar-refractivity contribution in [1.82, 2.24) is 19.2 Å². The number of hydrogen-bond acceptors (Lipinski definition) is 8. The molecule has 1 fully saturated rings. The van der Waals surface area contributed by atoms with Gasteiger partial charge in [-0.15, -0.1) is 0 Å². The maximum atomic E-state index is 12.5. The number of hydrogen-bond donors (Lipinski definition) is 1. The number of likely N-dealkylation sites (N-methyl/N-ethyl adjacent to an activating group) is 1. The molecular weight excluding hydrogens is 488 g/mol. The van der Waals surface area contributed by atoms with Gasteiger partial charge in [0, 0.05) is 50.3 Å². The quantitative estimate of drug-likeness (QED) is 0.472. The molecule has 0 atom stereocenters. The molecular formula is C27H36N6O3S. The molecule has 198 valence electrons. The highest BCUT2D eigenvalue weighted by atomic mass is 32.2. The maximum Gasteiger partial charge on any atom is 0.227 e. The molecule has 0 radical (unpaired) electrons. The Kier molecular flexibility index (Phi) is 7.50. The fourth-order valence-corrected chi connectivity index (χ4v) is 6.45. The van der Waals surface area contributed by atoms with Crippen molar-refractivity contribution in [2.24, 2.45) is 0 Å². The molecule has 37 heavy (non-hydrogen) atoms. The summed E-state index contributed by atoms with van der Waals surface area (Å²) in [6, 6.07) is 10.4. The van der Waals surface area contributed by atoms with Crippen LogP contribution in [0, 0.1) is 6.92 Å². The Morgan fingerprint density at radius 3 is 2.51 bits per heavy atom. The highest BCUT2D eigenvalue weighted by Crippen LogP contribution is 2.32. The van der Waals surface area contributed by atoms with Crippen LogP contribution in [0.5, 0.6) is 0 Å². The first-order valence-electron chi connectivity index (χ1n) is 13.1. The molecule has 0 unspecified atom stereocenters. The highest BCUT2D eigenvalue weighted by Gasteiger charge is 2.29. The molecule has 9 nitrogen and oxygen atoms in total. The lowest BCUT2D eigenvalue weighted by Crippen LogP contribution is -2.46. The van der Waals surface area contributed by atoms with Crippen molar-refractivity contribution < 1.29 is 12.8 Å². The summed E-state index contributed by atoms with van der Waals surface area (Å²) in [7, 11) is -3.26. The molecule has 0 saturated carbocycles. The summed E-state index contributed by atoms with van der Waals surface area (Å²) in [5.41, 5.74) is 4.79. The van der Waals surface area contributed by atoms with Crippen LogP contribution in [0.2, 0.25) is 0 Å². The van der Waals surface area contributed by atoms with Crippen molar-refractivity contribution in [2.75, 3.05) is 55.2 Å². The van der Waals surface area contributed by atoms with Gasteiger partial charge in [0.1, 0.15) is 11.5 Å². The Balaban J connectivity index is 1.29. The molecule has 0 amide bonds. The number of nitrogens with zero attached hydrogens (tertiary/aromatic N) is 5. The number of benzene rings is 1. The van der Waals surface area contributed by atoms with Gasteiger partial charge in [-0.05, 0) is 67.8 Å². The molecule has 4 heterocycles. The third-order valence-corrected chi connectivity index (χ3v) is 9.24. The molecule has 1 aromatic carbocycles. The van der Waals surface area contributed by atoms with Gasteiger partial charge in [0.25, 0.3) is 0 Å². The molecule has 1 saturated heterocycles. The zero-order valence-electron chi connectivity index (χ0n) is 21.9. The Morgan fingerprint density at radius 2 is 1.81 bits per heavy atom. The molecule has 1 N–H and O–H groups in total. The predicted octanol–water partition coefficient (Wildman–Crippen LogP) is 4.03.